The van der Waals surface area contributed by atoms with Crippen LogP contribution in [0.2, 0.25) is 0 Å². The predicted octanol–water partition coefficient (Wildman–Crippen LogP) is -0.531. The lowest BCUT2D eigenvalue weighted by molar-refractivity contribution is -0.134. The summed E-state index contributed by atoms with van der Waals surface area (Å²) < 4.78 is 31.6. The van der Waals surface area contributed by atoms with Gasteiger partial charge in [0.2, 0.25) is 27.7 Å². The minimum Gasteiger partial charge on any atom is -0.360 e. The van der Waals surface area contributed by atoms with Crippen molar-refractivity contribution in [2.75, 3.05) is 51.1 Å². The zero-order chi connectivity index (χ0) is 24.7. The van der Waals surface area contributed by atoms with Crippen LogP contribution in [0, 0.1) is 13.8 Å². The van der Waals surface area contributed by atoms with E-state index in [0.29, 0.717) is 37.8 Å². The smallest absolute Gasteiger partial charge is 0.242 e. The molecule has 1 aliphatic heterocycles. The van der Waals surface area contributed by atoms with Crippen molar-refractivity contribution in [2.24, 2.45) is 0 Å². The highest BCUT2D eigenvalue weighted by molar-refractivity contribution is 7.89. The molecule has 0 atom stereocenters. The van der Waals surface area contributed by atoms with Crippen molar-refractivity contribution in [3.8, 4) is 0 Å². The summed E-state index contributed by atoms with van der Waals surface area (Å²) in [4.78, 5) is 40.1. The lowest BCUT2D eigenvalue weighted by Gasteiger charge is -2.34. The van der Waals surface area contributed by atoms with Gasteiger partial charge in [0.15, 0.2) is 5.82 Å². The van der Waals surface area contributed by atoms with Gasteiger partial charge < -0.3 is 20.1 Å². The van der Waals surface area contributed by atoms with Gasteiger partial charge in [-0.3, -0.25) is 19.3 Å². The average Bonchev–Trinajstić information content (AvgIpc) is 3.21. The number of piperazine rings is 1. The van der Waals surface area contributed by atoms with Crippen molar-refractivity contribution in [1.82, 2.24) is 25.0 Å². The van der Waals surface area contributed by atoms with Gasteiger partial charge in [-0.1, -0.05) is 22.9 Å². The number of amides is 3. The minimum atomic E-state index is -3.82. The van der Waals surface area contributed by atoms with Gasteiger partial charge in [0, 0.05) is 32.2 Å². The number of nitrogens with zero attached hydrogens (tertiary/aromatic N) is 3. The largest absolute Gasteiger partial charge is 0.360 e. The van der Waals surface area contributed by atoms with Crippen LogP contribution in [0.15, 0.2) is 39.8 Å². The van der Waals surface area contributed by atoms with Crippen molar-refractivity contribution < 1.29 is 27.3 Å². The van der Waals surface area contributed by atoms with Gasteiger partial charge >= 0.3 is 0 Å². The van der Waals surface area contributed by atoms with Crippen LogP contribution in [0.1, 0.15) is 11.3 Å². The van der Waals surface area contributed by atoms with Crippen LogP contribution in [0.4, 0.5) is 5.82 Å². The first-order chi connectivity index (χ1) is 16.1. The predicted molar refractivity (Wildman–Crippen MR) is 122 cm³/mol. The van der Waals surface area contributed by atoms with Gasteiger partial charge in [-0.25, -0.2) is 13.1 Å². The third-order valence-electron chi connectivity index (χ3n) is 5.18. The molecule has 1 aliphatic rings. The van der Waals surface area contributed by atoms with Crippen LogP contribution < -0.4 is 15.4 Å². The van der Waals surface area contributed by atoms with E-state index in [1.54, 1.807) is 30.0 Å². The van der Waals surface area contributed by atoms with Crippen LogP contribution >= 0.6 is 0 Å². The fourth-order valence-corrected chi connectivity index (χ4v) is 4.26. The first kappa shape index (κ1) is 25.3. The van der Waals surface area contributed by atoms with Crippen LogP contribution in [0.5, 0.6) is 0 Å². The van der Waals surface area contributed by atoms with Crippen molar-refractivity contribution in [2.45, 2.75) is 18.7 Å². The molecule has 0 radical (unpaired) electrons. The molecule has 1 aromatic heterocycles. The molecule has 0 aliphatic carbocycles. The van der Waals surface area contributed by atoms with Gasteiger partial charge in [-0.15, -0.1) is 0 Å². The van der Waals surface area contributed by atoms with E-state index in [4.69, 9.17) is 4.52 Å². The molecule has 2 heterocycles. The standard InChI is InChI=1S/C21H28N6O6S/c1-15-3-5-17(6-4-15)34(31,32)23-12-19(28)22-13-21(30)27-9-7-26(8-10-27)14-20(29)24-18-11-16(2)33-25-18/h3-6,11,23H,7-10,12-14H2,1-2H3,(H,22,28)(H,24,25,29). The summed E-state index contributed by atoms with van der Waals surface area (Å²) >= 11 is 0. The zero-order valence-corrected chi connectivity index (χ0v) is 19.9. The maximum absolute atomic E-state index is 12.4. The first-order valence-electron chi connectivity index (χ1n) is 10.7. The molecule has 12 nitrogen and oxygen atoms in total. The number of benzene rings is 1. The van der Waals surface area contributed by atoms with Gasteiger partial charge in [0.25, 0.3) is 0 Å². The molecule has 0 spiro atoms. The van der Waals surface area contributed by atoms with Crippen molar-refractivity contribution >= 4 is 33.6 Å². The van der Waals surface area contributed by atoms with Crippen LogP contribution in [-0.4, -0.2) is 86.9 Å². The molecule has 0 bridgehead atoms. The van der Waals surface area contributed by atoms with Crippen LogP contribution in [-0.2, 0) is 24.4 Å². The Balaban J connectivity index is 1.35. The van der Waals surface area contributed by atoms with E-state index in [1.807, 2.05) is 11.8 Å². The highest BCUT2D eigenvalue weighted by Gasteiger charge is 2.23. The number of hydrogen-bond acceptors (Lipinski definition) is 8. The lowest BCUT2D eigenvalue weighted by Crippen LogP contribution is -2.52. The maximum atomic E-state index is 12.4. The lowest BCUT2D eigenvalue weighted by atomic mass is 10.2. The number of carbonyl (C=O) groups excluding carboxylic acids is 3. The maximum Gasteiger partial charge on any atom is 0.242 e. The molecule has 1 saturated heterocycles. The molecule has 3 N–H and O–H groups in total. The molecule has 1 fully saturated rings. The average molecular weight is 493 g/mol. The van der Waals surface area contributed by atoms with Gasteiger partial charge in [-0.2, -0.15) is 0 Å². The van der Waals surface area contributed by atoms with E-state index in [-0.39, 0.29) is 29.8 Å². The zero-order valence-electron chi connectivity index (χ0n) is 19.0. The van der Waals surface area contributed by atoms with Crippen molar-refractivity contribution in [1.29, 1.82) is 0 Å². The fourth-order valence-electron chi connectivity index (χ4n) is 3.28. The van der Waals surface area contributed by atoms with Crippen molar-refractivity contribution in [3.63, 3.8) is 0 Å². The number of aromatic nitrogens is 1. The molecule has 0 unspecified atom stereocenters. The second-order valence-corrected chi connectivity index (χ2v) is 9.71. The summed E-state index contributed by atoms with van der Waals surface area (Å²) in [5.41, 5.74) is 0.918. The van der Waals surface area contributed by atoms with Crippen LogP contribution in [0.25, 0.3) is 0 Å². The van der Waals surface area contributed by atoms with E-state index in [1.165, 1.54) is 12.1 Å². The third kappa shape index (κ3) is 7.37. The van der Waals surface area contributed by atoms with Crippen LogP contribution in [0.3, 0.4) is 0 Å². The Morgan fingerprint density at radius 1 is 1.00 bits per heavy atom. The van der Waals surface area contributed by atoms with E-state index in [0.717, 1.165) is 5.56 Å². The molecule has 184 valence electrons. The number of carbonyl (C=O) groups is 3. The monoisotopic (exact) mass is 492 g/mol. The minimum absolute atomic E-state index is 0.0599. The Labute approximate surface area is 197 Å². The number of anilines is 1. The second-order valence-electron chi connectivity index (χ2n) is 7.94. The summed E-state index contributed by atoms with van der Waals surface area (Å²) in [5.74, 6) is -0.167. The highest BCUT2D eigenvalue weighted by Crippen LogP contribution is 2.10. The molecule has 3 amide bonds. The molecular weight excluding hydrogens is 464 g/mol. The first-order valence-corrected chi connectivity index (χ1v) is 12.2. The molecule has 2 aromatic rings. The Bertz CT molecular complexity index is 1120. The molecule has 34 heavy (non-hydrogen) atoms. The molecular formula is C21H28N6O6S. The summed E-state index contributed by atoms with van der Waals surface area (Å²) in [6.07, 6.45) is 0. The quantitative estimate of drug-likeness (QED) is 0.422. The normalized spacial score (nSPS) is 14.6. The molecule has 0 saturated carbocycles. The number of rotatable bonds is 9. The van der Waals surface area contributed by atoms with Crippen molar-refractivity contribution in [3.05, 3.63) is 41.7 Å². The number of aryl methyl sites for hydroxylation is 2. The Morgan fingerprint density at radius 3 is 2.29 bits per heavy atom. The SMILES string of the molecule is Cc1ccc(S(=O)(=O)NCC(=O)NCC(=O)N2CCN(CC(=O)Nc3cc(C)on3)CC2)cc1. The number of sulfonamides is 1. The van der Waals surface area contributed by atoms with Gasteiger partial charge in [-0.05, 0) is 26.0 Å². The highest BCUT2D eigenvalue weighted by atomic mass is 32.2. The Hall–Kier alpha value is -3.29. The second kappa shape index (κ2) is 11.2. The topological polar surface area (TPSA) is 154 Å². The van der Waals surface area contributed by atoms with Gasteiger partial charge in [0.05, 0.1) is 24.5 Å². The molecule has 13 heteroatoms. The summed E-state index contributed by atoms with van der Waals surface area (Å²) in [6, 6.07) is 7.86. The Kier molecular flexibility index (Phi) is 8.36. The van der Waals surface area contributed by atoms with E-state index < -0.39 is 22.5 Å². The summed E-state index contributed by atoms with van der Waals surface area (Å²) in [6.45, 7) is 4.83. The van der Waals surface area contributed by atoms with E-state index >= 15 is 0 Å². The van der Waals surface area contributed by atoms with Gasteiger partial charge in [0.1, 0.15) is 5.76 Å². The van der Waals surface area contributed by atoms with E-state index in [9.17, 15) is 22.8 Å². The summed E-state index contributed by atoms with van der Waals surface area (Å²) in [7, 11) is -3.82. The summed E-state index contributed by atoms with van der Waals surface area (Å²) in [5, 5.41) is 8.80. The molecule has 1 aromatic carbocycles. The Morgan fingerprint density at radius 2 is 1.68 bits per heavy atom. The number of hydrogen-bond donors (Lipinski definition) is 3. The number of nitrogens with one attached hydrogen (secondary N) is 3. The molecule has 3 rings (SSSR count). The van der Waals surface area contributed by atoms with E-state index in [2.05, 4.69) is 20.5 Å². The third-order valence-corrected chi connectivity index (χ3v) is 6.60. The fraction of sp³-hybridized carbons (Fsp3) is 0.429.